The van der Waals surface area contributed by atoms with Crippen LogP contribution in [-0.4, -0.2) is 22.4 Å². The lowest BCUT2D eigenvalue weighted by Gasteiger charge is -2.31. The highest BCUT2D eigenvalue weighted by Gasteiger charge is 2.29. The van der Waals surface area contributed by atoms with Crippen molar-refractivity contribution in [3.05, 3.63) is 29.8 Å². The summed E-state index contributed by atoms with van der Waals surface area (Å²) in [6.07, 6.45) is 5.35. The van der Waals surface area contributed by atoms with Crippen molar-refractivity contribution in [2.45, 2.75) is 57.2 Å². The second-order valence-electron chi connectivity index (χ2n) is 5.57. The molecule has 1 aliphatic carbocycles. The number of aliphatic hydroxyl groups is 2. The molecule has 1 aliphatic rings. The van der Waals surface area contributed by atoms with E-state index in [0.29, 0.717) is 13.0 Å². The molecule has 19 heavy (non-hydrogen) atoms. The van der Waals surface area contributed by atoms with Crippen LogP contribution < -0.4 is 4.74 Å². The van der Waals surface area contributed by atoms with Crippen molar-refractivity contribution in [3.8, 4) is 5.75 Å². The smallest absolute Gasteiger partial charge is 0.119 e. The van der Waals surface area contributed by atoms with Crippen molar-refractivity contribution in [1.82, 2.24) is 0 Å². The van der Waals surface area contributed by atoms with E-state index in [0.717, 1.165) is 37.0 Å². The van der Waals surface area contributed by atoms with Crippen LogP contribution in [0.5, 0.6) is 5.75 Å². The average molecular weight is 264 g/mol. The van der Waals surface area contributed by atoms with Gasteiger partial charge in [-0.3, -0.25) is 0 Å². The Balaban J connectivity index is 1.89. The van der Waals surface area contributed by atoms with Gasteiger partial charge in [0.05, 0.1) is 11.7 Å². The summed E-state index contributed by atoms with van der Waals surface area (Å²) in [6, 6.07) is 7.49. The van der Waals surface area contributed by atoms with Crippen LogP contribution in [0.2, 0.25) is 0 Å². The highest BCUT2D eigenvalue weighted by Crippen LogP contribution is 2.29. The van der Waals surface area contributed by atoms with Crippen molar-refractivity contribution >= 4 is 0 Å². The highest BCUT2D eigenvalue weighted by atomic mass is 16.5. The van der Waals surface area contributed by atoms with Gasteiger partial charge >= 0.3 is 0 Å². The lowest BCUT2D eigenvalue weighted by molar-refractivity contribution is -0.0339. The topological polar surface area (TPSA) is 49.7 Å². The molecule has 0 spiro atoms. The van der Waals surface area contributed by atoms with Crippen LogP contribution in [0.4, 0.5) is 0 Å². The Hall–Kier alpha value is -1.06. The number of ether oxygens (including phenoxy) is 1. The molecule has 1 fully saturated rings. The molecule has 2 rings (SSSR count). The van der Waals surface area contributed by atoms with Crippen LogP contribution in [0, 0.1) is 0 Å². The largest absolute Gasteiger partial charge is 0.491 e. The van der Waals surface area contributed by atoms with E-state index in [2.05, 4.69) is 0 Å². The third kappa shape index (κ3) is 3.95. The van der Waals surface area contributed by atoms with Gasteiger partial charge in [0, 0.05) is 0 Å². The summed E-state index contributed by atoms with van der Waals surface area (Å²) < 4.78 is 5.69. The van der Waals surface area contributed by atoms with Gasteiger partial charge in [-0.1, -0.05) is 38.3 Å². The van der Waals surface area contributed by atoms with Crippen molar-refractivity contribution < 1.29 is 14.9 Å². The molecule has 0 amide bonds. The minimum atomic E-state index is -0.653. The number of hydrogen-bond acceptors (Lipinski definition) is 3. The third-order valence-corrected chi connectivity index (χ3v) is 3.94. The molecule has 1 aromatic carbocycles. The number of aliphatic hydroxyl groups excluding tert-OH is 1. The average Bonchev–Trinajstić information content (AvgIpc) is 2.46. The molecule has 0 aliphatic heterocycles. The maximum absolute atomic E-state index is 10.3. The summed E-state index contributed by atoms with van der Waals surface area (Å²) >= 11 is 0. The molecule has 3 heteroatoms. The predicted octanol–water partition coefficient (Wildman–Crippen LogP) is 3.20. The summed E-state index contributed by atoms with van der Waals surface area (Å²) in [6.45, 7) is 2.32. The van der Waals surface area contributed by atoms with E-state index in [9.17, 15) is 10.2 Å². The first-order valence-corrected chi connectivity index (χ1v) is 7.26. The first kappa shape index (κ1) is 14.4. The zero-order valence-corrected chi connectivity index (χ0v) is 11.6. The monoisotopic (exact) mass is 264 g/mol. The van der Waals surface area contributed by atoms with E-state index in [4.69, 9.17) is 4.74 Å². The molecule has 1 aromatic rings. The minimum absolute atomic E-state index is 0.364. The second-order valence-corrected chi connectivity index (χ2v) is 5.57. The van der Waals surface area contributed by atoms with E-state index in [-0.39, 0.29) is 0 Å². The lowest BCUT2D eigenvalue weighted by Crippen LogP contribution is -2.37. The van der Waals surface area contributed by atoms with Crippen molar-refractivity contribution in [2.75, 3.05) is 6.61 Å². The van der Waals surface area contributed by atoms with Gasteiger partial charge in [-0.05, 0) is 37.0 Å². The Kier molecular flexibility index (Phi) is 4.83. The lowest BCUT2D eigenvalue weighted by atomic mass is 9.85. The fraction of sp³-hybridized carbons (Fsp3) is 0.625. The Bertz CT molecular complexity index is 379. The fourth-order valence-corrected chi connectivity index (χ4v) is 2.59. The number of benzene rings is 1. The summed E-state index contributed by atoms with van der Waals surface area (Å²) in [4.78, 5) is 0. The Morgan fingerprint density at radius 2 is 1.79 bits per heavy atom. The SMILES string of the molecule is CC[C@@H](O)c1ccc(OCC2(O)CCCCC2)cc1. The Morgan fingerprint density at radius 1 is 1.16 bits per heavy atom. The zero-order valence-electron chi connectivity index (χ0n) is 11.6. The fourth-order valence-electron chi connectivity index (χ4n) is 2.59. The molecule has 2 N–H and O–H groups in total. The molecule has 0 heterocycles. The van der Waals surface area contributed by atoms with Gasteiger partial charge in [0.1, 0.15) is 12.4 Å². The summed E-state index contributed by atoms with van der Waals surface area (Å²) in [5.41, 5.74) is 0.256. The summed E-state index contributed by atoms with van der Waals surface area (Å²) in [7, 11) is 0. The molecule has 1 atom stereocenters. The zero-order chi connectivity index (χ0) is 13.7. The second kappa shape index (κ2) is 6.40. The van der Waals surface area contributed by atoms with Crippen LogP contribution in [0.3, 0.4) is 0 Å². The summed E-state index contributed by atoms with van der Waals surface area (Å²) in [5.74, 6) is 0.756. The van der Waals surface area contributed by atoms with Gasteiger partial charge in [0.15, 0.2) is 0 Å². The summed E-state index contributed by atoms with van der Waals surface area (Å²) in [5, 5.41) is 20.1. The van der Waals surface area contributed by atoms with E-state index >= 15 is 0 Å². The maximum atomic E-state index is 10.3. The predicted molar refractivity (Wildman–Crippen MR) is 75.2 cm³/mol. The van der Waals surface area contributed by atoms with Gasteiger partial charge in [-0.15, -0.1) is 0 Å². The quantitative estimate of drug-likeness (QED) is 0.858. The molecule has 0 radical (unpaired) electrons. The standard InChI is InChI=1S/C16H24O3/c1-2-15(17)13-6-8-14(9-7-13)19-12-16(18)10-4-3-5-11-16/h6-9,15,17-18H,2-5,10-12H2,1H3/t15-/m1/s1. The molecule has 0 bridgehead atoms. The highest BCUT2D eigenvalue weighted by molar-refractivity contribution is 5.28. The molecule has 1 saturated carbocycles. The first-order chi connectivity index (χ1) is 9.13. The molecular formula is C16H24O3. The molecule has 106 valence electrons. The van der Waals surface area contributed by atoms with Gasteiger partial charge in [-0.25, -0.2) is 0 Å². The van der Waals surface area contributed by atoms with Gasteiger partial charge in [0.25, 0.3) is 0 Å². The van der Waals surface area contributed by atoms with Crippen LogP contribution in [0.1, 0.15) is 57.1 Å². The van der Waals surface area contributed by atoms with Crippen LogP contribution in [0.25, 0.3) is 0 Å². The molecule has 0 saturated heterocycles. The van der Waals surface area contributed by atoms with E-state index < -0.39 is 11.7 Å². The van der Waals surface area contributed by atoms with Crippen molar-refractivity contribution in [2.24, 2.45) is 0 Å². The molecule has 0 unspecified atom stereocenters. The van der Waals surface area contributed by atoms with Crippen LogP contribution in [0.15, 0.2) is 24.3 Å². The molecule has 3 nitrogen and oxygen atoms in total. The Labute approximate surface area is 115 Å². The van der Waals surface area contributed by atoms with Gasteiger partial charge in [-0.2, -0.15) is 0 Å². The van der Waals surface area contributed by atoms with Crippen LogP contribution in [-0.2, 0) is 0 Å². The van der Waals surface area contributed by atoms with Crippen molar-refractivity contribution in [1.29, 1.82) is 0 Å². The minimum Gasteiger partial charge on any atom is -0.491 e. The molecular weight excluding hydrogens is 240 g/mol. The van der Waals surface area contributed by atoms with E-state index in [1.54, 1.807) is 0 Å². The number of hydrogen-bond donors (Lipinski definition) is 2. The third-order valence-electron chi connectivity index (χ3n) is 3.94. The normalized spacial score (nSPS) is 19.9. The van der Waals surface area contributed by atoms with E-state index in [1.807, 2.05) is 31.2 Å². The van der Waals surface area contributed by atoms with Gasteiger partial charge in [0.2, 0.25) is 0 Å². The van der Waals surface area contributed by atoms with Crippen LogP contribution >= 0.6 is 0 Å². The van der Waals surface area contributed by atoms with Crippen molar-refractivity contribution in [3.63, 3.8) is 0 Å². The number of rotatable bonds is 5. The molecule has 0 aromatic heterocycles. The van der Waals surface area contributed by atoms with Gasteiger partial charge < -0.3 is 14.9 Å². The Morgan fingerprint density at radius 3 is 2.37 bits per heavy atom. The van der Waals surface area contributed by atoms with E-state index in [1.165, 1.54) is 6.42 Å². The maximum Gasteiger partial charge on any atom is 0.119 e. The first-order valence-electron chi connectivity index (χ1n) is 7.26.